The van der Waals surface area contributed by atoms with Gasteiger partial charge in [0, 0.05) is 31.2 Å². The largest absolute Gasteiger partial charge is 0.381 e. The minimum atomic E-state index is -0.611. The number of amides is 3. The first-order chi connectivity index (χ1) is 15.5. The van der Waals surface area contributed by atoms with Crippen LogP contribution in [0, 0.1) is 11.8 Å². The summed E-state index contributed by atoms with van der Waals surface area (Å²) in [6, 6.07) is 6.16. The van der Waals surface area contributed by atoms with Crippen molar-refractivity contribution in [2.24, 2.45) is 17.6 Å². The summed E-state index contributed by atoms with van der Waals surface area (Å²) in [6.07, 6.45) is 8.10. The van der Waals surface area contributed by atoms with Crippen LogP contribution in [0.2, 0.25) is 0 Å². The minimum Gasteiger partial charge on any atom is -0.381 e. The van der Waals surface area contributed by atoms with Crippen LogP contribution in [0.15, 0.2) is 30.5 Å². The molecular weight excluding hydrogens is 408 g/mol. The summed E-state index contributed by atoms with van der Waals surface area (Å²) < 4.78 is 6.84. The molecular formula is C24H30N4O4. The lowest BCUT2D eigenvalue weighted by Crippen LogP contribution is -2.46. The maximum absolute atomic E-state index is 13.3. The predicted octanol–water partition coefficient (Wildman–Crippen LogP) is 3.73. The molecule has 2 heterocycles. The van der Waals surface area contributed by atoms with Crippen LogP contribution in [-0.2, 0) is 9.53 Å². The van der Waals surface area contributed by atoms with Gasteiger partial charge >= 0.3 is 12.1 Å². The van der Waals surface area contributed by atoms with E-state index in [1.165, 1.54) is 4.57 Å². The number of carbonyl (C=O) groups is 3. The number of para-hydroxylation sites is 1. The molecule has 1 aromatic carbocycles. The molecule has 3 fully saturated rings. The predicted molar refractivity (Wildman–Crippen MR) is 120 cm³/mol. The minimum absolute atomic E-state index is 0.131. The number of nitrogens with one attached hydrogen (secondary N) is 1. The van der Waals surface area contributed by atoms with Crippen molar-refractivity contribution in [1.82, 2.24) is 9.47 Å². The Morgan fingerprint density at radius 1 is 1.16 bits per heavy atom. The standard InChI is InChI=1S/C24H30N4O4/c1-32-16-6-4-5-14(9-16)10-22(29)21-12-15-11-20(15)28(21)24(31)26-18-13-27(23(25)30)19-8-3-2-7-17(18)19/h2-3,7-8,13-16,20-21H,4-6,9-12H2,1H3,(H2,25,30)(H,26,31)/t14-,15-,16+,20-,21+/m1/s1. The van der Waals surface area contributed by atoms with Gasteiger partial charge in [0.1, 0.15) is 0 Å². The van der Waals surface area contributed by atoms with E-state index in [0.29, 0.717) is 29.5 Å². The highest BCUT2D eigenvalue weighted by molar-refractivity contribution is 6.05. The van der Waals surface area contributed by atoms with Gasteiger partial charge in [0.2, 0.25) is 0 Å². The van der Waals surface area contributed by atoms with Crippen LogP contribution < -0.4 is 11.1 Å². The van der Waals surface area contributed by atoms with E-state index in [2.05, 4.69) is 5.32 Å². The normalized spacial score (nSPS) is 29.0. The number of hydrogen-bond acceptors (Lipinski definition) is 4. The Morgan fingerprint density at radius 3 is 2.75 bits per heavy atom. The molecule has 1 aliphatic heterocycles. The Balaban J connectivity index is 1.32. The molecule has 32 heavy (non-hydrogen) atoms. The average molecular weight is 439 g/mol. The molecule has 3 N–H and O–H groups in total. The smallest absolute Gasteiger partial charge is 0.323 e. The highest BCUT2D eigenvalue weighted by Gasteiger charge is 2.56. The summed E-state index contributed by atoms with van der Waals surface area (Å²) in [7, 11) is 1.74. The van der Waals surface area contributed by atoms with Gasteiger partial charge in [0.25, 0.3) is 0 Å². The molecule has 2 saturated carbocycles. The van der Waals surface area contributed by atoms with Gasteiger partial charge in [-0.3, -0.25) is 9.36 Å². The molecule has 1 aromatic heterocycles. The van der Waals surface area contributed by atoms with Gasteiger partial charge in [-0.05, 0) is 50.0 Å². The lowest BCUT2D eigenvalue weighted by molar-refractivity contribution is -0.124. The second-order valence-corrected chi connectivity index (χ2v) is 9.48. The number of piperidine rings is 1. The third-order valence-electron chi connectivity index (χ3n) is 7.46. The molecule has 5 atom stereocenters. The Morgan fingerprint density at radius 2 is 1.97 bits per heavy atom. The Hall–Kier alpha value is -2.87. The van der Waals surface area contributed by atoms with Gasteiger partial charge in [0.05, 0.1) is 23.3 Å². The van der Waals surface area contributed by atoms with Crippen molar-refractivity contribution in [1.29, 1.82) is 0 Å². The van der Waals surface area contributed by atoms with Crippen molar-refractivity contribution in [3.05, 3.63) is 30.5 Å². The second kappa shape index (κ2) is 8.24. The molecule has 8 heteroatoms. The van der Waals surface area contributed by atoms with Crippen molar-refractivity contribution in [2.45, 2.75) is 63.1 Å². The van der Waals surface area contributed by atoms with Crippen molar-refractivity contribution in [3.63, 3.8) is 0 Å². The van der Waals surface area contributed by atoms with E-state index in [9.17, 15) is 14.4 Å². The van der Waals surface area contributed by atoms with Crippen molar-refractivity contribution < 1.29 is 19.1 Å². The summed E-state index contributed by atoms with van der Waals surface area (Å²) in [6.45, 7) is 0. The quantitative estimate of drug-likeness (QED) is 0.742. The number of carbonyl (C=O) groups excluding carboxylic acids is 3. The van der Waals surface area contributed by atoms with Crippen LogP contribution in [0.4, 0.5) is 15.3 Å². The Labute approximate surface area is 187 Å². The van der Waals surface area contributed by atoms with Crippen molar-refractivity contribution in [2.75, 3.05) is 12.4 Å². The number of rotatable bonds is 5. The SMILES string of the molecule is CO[C@H]1CCC[C@@H](CC(=O)[C@@H]2C[C@H]3C[C@H]3N2C(=O)Nc2cn(C(N)=O)c3ccccc23)C1. The monoisotopic (exact) mass is 438 g/mol. The van der Waals surface area contributed by atoms with Crippen LogP contribution >= 0.6 is 0 Å². The Bertz CT molecular complexity index is 1060. The first-order valence-electron chi connectivity index (χ1n) is 11.5. The molecule has 0 radical (unpaired) electrons. The fourth-order valence-electron chi connectivity index (χ4n) is 5.74. The molecule has 5 rings (SSSR count). The zero-order valence-electron chi connectivity index (χ0n) is 18.3. The second-order valence-electron chi connectivity index (χ2n) is 9.48. The highest BCUT2D eigenvalue weighted by atomic mass is 16.5. The van der Waals surface area contributed by atoms with Crippen molar-refractivity contribution >= 4 is 34.4 Å². The third-order valence-corrected chi connectivity index (χ3v) is 7.46. The number of likely N-dealkylation sites (tertiary alicyclic amines) is 1. The van der Waals surface area contributed by atoms with Crippen LogP contribution in [0.25, 0.3) is 10.9 Å². The third kappa shape index (κ3) is 3.77. The summed E-state index contributed by atoms with van der Waals surface area (Å²) >= 11 is 0. The molecule has 1 saturated heterocycles. The number of urea groups is 1. The fraction of sp³-hybridized carbons (Fsp3) is 0.542. The van der Waals surface area contributed by atoms with Crippen molar-refractivity contribution in [3.8, 4) is 0 Å². The topological polar surface area (TPSA) is 107 Å². The van der Waals surface area contributed by atoms with E-state index in [0.717, 1.165) is 43.9 Å². The first kappa shape index (κ1) is 21.0. The molecule has 3 amide bonds. The van der Waals surface area contributed by atoms with E-state index in [-0.39, 0.29) is 30.0 Å². The fourth-order valence-corrected chi connectivity index (χ4v) is 5.74. The van der Waals surface area contributed by atoms with Gasteiger partial charge < -0.3 is 20.7 Å². The lowest BCUT2D eigenvalue weighted by Gasteiger charge is -2.31. The molecule has 0 bridgehead atoms. The molecule has 0 spiro atoms. The molecule has 170 valence electrons. The number of anilines is 1. The number of nitrogens with zero attached hydrogens (tertiary/aromatic N) is 2. The summed E-state index contributed by atoms with van der Waals surface area (Å²) in [5.41, 5.74) is 6.65. The van der Waals surface area contributed by atoms with Gasteiger partial charge in [0.15, 0.2) is 5.78 Å². The highest BCUT2D eigenvalue weighted by Crippen LogP contribution is 2.49. The van der Waals surface area contributed by atoms with Crippen LogP contribution in [0.5, 0.6) is 0 Å². The summed E-state index contributed by atoms with van der Waals surface area (Å²) in [5.74, 6) is 0.907. The number of hydrogen-bond donors (Lipinski definition) is 2. The number of methoxy groups -OCH3 is 1. The number of benzene rings is 1. The number of fused-ring (bicyclic) bond motifs is 2. The van der Waals surface area contributed by atoms with Crippen LogP contribution in [0.1, 0.15) is 44.9 Å². The number of Topliss-reactive ketones (excluding diaryl/α,β-unsaturated/α-hetero) is 1. The van der Waals surface area contributed by atoms with Gasteiger partial charge in [-0.25, -0.2) is 9.59 Å². The first-order valence-corrected chi connectivity index (χ1v) is 11.5. The van der Waals surface area contributed by atoms with E-state index in [1.807, 2.05) is 18.2 Å². The average Bonchev–Trinajstić information content (AvgIpc) is 3.29. The van der Waals surface area contributed by atoms with Crippen LogP contribution in [-0.4, -0.2) is 52.6 Å². The number of aromatic nitrogens is 1. The van der Waals surface area contributed by atoms with E-state index >= 15 is 0 Å². The molecule has 0 unspecified atom stereocenters. The number of nitrogens with two attached hydrogens (primary N) is 1. The summed E-state index contributed by atoms with van der Waals surface area (Å²) in [4.78, 5) is 40.1. The van der Waals surface area contributed by atoms with Gasteiger partial charge in [-0.15, -0.1) is 0 Å². The van der Waals surface area contributed by atoms with E-state index < -0.39 is 6.03 Å². The molecule has 8 nitrogen and oxygen atoms in total. The zero-order valence-corrected chi connectivity index (χ0v) is 18.3. The number of ether oxygens (including phenoxy) is 1. The van der Waals surface area contributed by atoms with Gasteiger partial charge in [-0.1, -0.05) is 24.6 Å². The zero-order chi connectivity index (χ0) is 22.4. The van der Waals surface area contributed by atoms with Crippen LogP contribution in [0.3, 0.4) is 0 Å². The van der Waals surface area contributed by atoms with E-state index in [4.69, 9.17) is 10.5 Å². The number of ketones is 1. The maximum atomic E-state index is 13.3. The molecule has 2 aliphatic carbocycles. The lowest BCUT2D eigenvalue weighted by atomic mass is 9.82. The Kier molecular flexibility index (Phi) is 5.41. The van der Waals surface area contributed by atoms with Gasteiger partial charge in [-0.2, -0.15) is 0 Å². The molecule has 3 aliphatic rings. The summed E-state index contributed by atoms with van der Waals surface area (Å²) in [5, 5.41) is 3.69. The number of primary amides is 1. The molecule has 2 aromatic rings. The van der Waals surface area contributed by atoms with E-state index in [1.54, 1.807) is 24.3 Å². The maximum Gasteiger partial charge on any atom is 0.323 e.